The maximum atomic E-state index is 9.78. The number of hydrogen-bond donors (Lipinski definition) is 5. The van der Waals surface area contributed by atoms with Crippen LogP contribution in [0.2, 0.25) is 0 Å². The van der Waals surface area contributed by atoms with Crippen LogP contribution in [0.25, 0.3) is 0 Å². The first kappa shape index (κ1) is 12.4. The molecule has 1 fully saturated rings. The lowest BCUT2D eigenvalue weighted by molar-refractivity contribution is -0.327. The summed E-state index contributed by atoms with van der Waals surface area (Å²) in [5.41, 5.74) is -2.11. The number of terminal acetylenes is 1. The highest BCUT2D eigenvalue weighted by Crippen LogP contribution is 2.31. The molecule has 0 aromatic carbocycles. The van der Waals surface area contributed by atoms with E-state index in [0.29, 0.717) is 0 Å². The fourth-order valence-electron chi connectivity index (χ4n) is 1.52. The molecule has 0 aromatic heterocycles. The standard InChI is InChI=1S/C9H14O6/c1-2-3-9(14)7(12)6(11)5(4-10)15-8(9)13/h1,5-8,10-14H,3-4H2/t5-,6+,7+,8+,9+/m1/s1. The summed E-state index contributed by atoms with van der Waals surface area (Å²) < 4.78 is 4.74. The van der Waals surface area contributed by atoms with E-state index in [1.807, 2.05) is 0 Å². The van der Waals surface area contributed by atoms with Crippen LogP contribution in [0.3, 0.4) is 0 Å². The third-order valence-electron chi connectivity index (χ3n) is 2.51. The molecule has 0 bridgehead atoms. The Bertz CT molecular complexity index is 262. The molecule has 5 atom stereocenters. The molecule has 0 spiro atoms. The van der Waals surface area contributed by atoms with Gasteiger partial charge in [0.2, 0.25) is 0 Å². The molecule has 0 aromatic rings. The quantitative estimate of drug-likeness (QED) is 0.320. The number of hydrogen-bond acceptors (Lipinski definition) is 6. The van der Waals surface area contributed by atoms with E-state index in [1.54, 1.807) is 0 Å². The van der Waals surface area contributed by atoms with Gasteiger partial charge in [0.15, 0.2) is 11.9 Å². The Morgan fingerprint density at radius 2 is 1.93 bits per heavy atom. The Balaban J connectivity index is 2.89. The van der Waals surface area contributed by atoms with Crippen molar-refractivity contribution in [1.29, 1.82) is 0 Å². The minimum Gasteiger partial charge on any atom is -0.394 e. The summed E-state index contributed by atoms with van der Waals surface area (Å²) in [4.78, 5) is 0. The summed E-state index contributed by atoms with van der Waals surface area (Å²) in [7, 11) is 0. The van der Waals surface area contributed by atoms with E-state index in [9.17, 15) is 20.4 Å². The lowest BCUT2D eigenvalue weighted by atomic mass is 9.84. The first-order valence-corrected chi connectivity index (χ1v) is 4.43. The number of ether oxygens (including phenoxy) is 1. The smallest absolute Gasteiger partial charge is 0.187 e. The maximum Gasteiger partial charge on any atom is 0.187 e. The SMILES string of the molecule is C#CC[C@@]1(O)[C@@H](O)O[C@H](CO)[C@H](O)[C@@H]1O. The molecule has 1 aliphatic rings. The molecule has 0 aliphatic carbocycles. The Morgan fingerprint density at radius 3 is 2.40 bits per heavy atom. The summed E-state index contributed by atoms with van der Waals surface area (Å²) in [6, 6.07) is 0. The van der Waals surface area contributed by atoms with Gasteiger partial charge in [0.25, 0.3) is 0 Å². The number of aliphatic hydroxyl groups excluding tert-OH is 4. The number of rotatable bonds is 2. The first-order chi connectivity index (χ1) is 6.97. The van der Waals surface area contributed by atoms with Gasteiger partial charge in [-0.15, -0.1) is 12.3 Å². The molecular formula is C9H14O6. The molecule has 0 saturated carbocycles. The fraction of sp³-hybridized carbons (Fsp3) is 0.778. The molecule has 1 aliphatic heterocycles. The van der Waals surface area contributed by atoms with Crippen LogP contribution >= 0.6 is 0 Å². The van der Waals surface area contributed by atoms with Gasteiger partial charge in [0, 0.05) is 6.42 Å². The van der Waals surface area contributed by atoms with Gasteiger partial charge in [0.05, 0.1) is 6.61 Å². The van der Waals surface area contributed by atoms with Crippen LogP contribution in [0.4, 0.5) is 0 Å². The lowest BCUT2D eigenvalue weighted by Crippen LogP contribution is -2.66. The molecule has 5 N–H and O–H groups in total. The molecule has 1 heterocycles. The van der Waals surface area contributed by atoms with Crippen LogP contribution in [0.5, 0.6) is 0 Å². The zero-order valence-electron chi connectivity index (χ0n) is 7.95. The van der Waals surface area contributed by atoms with Crippen molar-refractivity contribution in [2.75, 3.05) is 6.61 Å². The minimum absolute atomic E-state index is 0.370. The van der Waals surface area contributed by atoms with Gasteiger partial charge in [-0.05, 0) is 0 Å². The van der Waals surface area contributed by atoms with Crippen molar-refractivity contribution in [3.63, 3.8) is 0 Å². The second kappa shape index (κ2) is 4.45. The maximum absolute atomic E-state index is 9.78. The summed E-state index contributed by atoms with van der Waals surface area (Å²) in [6.07, 6.45) is -1.47. The topological polar surface area (TPSA) is 110 Å². The second-order valence-electron chi connectivity index (χ2n) is 3.52. The van der Waals surface area contributed by atoms with E-state index in [1.165, 1.54) is 0 Å². The average molecular weight is 218 g/mol. The number of aliphatic hydroxyl groups is 5. The van der Waals surface area contributed by atoms with Crippen LogP contribution in [0.15, 0.2) is 0 Å². The van der Waals surface area contributed by atoms with Crippen molar-refractivity contribution in [2.45, 2.75) is 36.6 Å². The molecule has 15 heavy (non-hydrogen) atoms. The highest BCUT2D eigenvalue weighted by molar-refractivity contribution is 5.06. The Morgan fingerprint density at radius 1 is 1.33 bits per heavy atom. The molecule has 0 unspecified atom stereocenters. The van der Waals surface area contributed by atoms with Crippen LogP contribution in [0.1, 0.15) is 6.42 Å². The van der Waals surface area contributed by atoms with Crippen LogP contribution in [0, 0.1) is 12.3 Å². The lowest BCUT2D eigenvalue weighted by Gasteiger charge is -2.45. The first-order valence-electron chi connectivity index (χ1n) is 4.43. The Labute approximate surface area is 86.7 Å². The zero-order chi connectivity index (χ0) is 11.6. The normalized spacial score (nSPS) is 46.1. The van der Waals surface area contributed by atoms with E-state index in [4.69, 9.17) is 16.3 Å². The summed E-state index contributed by atoms with van der Waals surface area (Å²) in [5.74, 6) is 2.07. The average Bonchev–Trinajstić information content (AvgIpc) is 2.21. The monoisotopic (exact) mass is 218 g/mol. The minimum atomic E-state index is -2.11. The van der Waals surface area contributed by atoms with Gasteiger partial charge in [0.1, 0.15) is 18.3 Å². The van der Waals surface area contributed by atoms with Gasteiger partial charge >= 0.3 is 0 Å². The van der Waals surface area contributed by atoms with Crippen molar-refractivity contribution in [1.82, 2.24) is 0 Å². The van der Waals surface area contributed by atoms with Gasteiger partial charge < -0.3 is 30.3 Å². The molecule has 1 rings (SSSR count). The van der Waals surface area contributed by atoms with Crippen LogP contribution < -0.4 is 0 Å². The predicted molar refractivity (Wildman–Crippen MR) is 48.4 cm³/mol. The Kier molecular flexibility index (Phi) is 3.67. The van der Waals surface area contributed by atoms with Crippen molar-refractivity contribution in [3.8, 4) is 12.3 Å². The van der Waals surface area contributed by atoms with E-state index in [-0.39, 0.29) is 6.42 Å². The van der Waals surface area contributed by atoms with E-state index in [0.717, 1.165) is 0 Å². The van der Waals surface area contributed by atoms with Gasteiger partial charge in [-0.25, -0.2) is 0 Å². The highest BCUT2D eigenvalue weighted by atomic mass is 16.6. The van der Waals surface area contributed by atoms with E-state index in [2.05, 4.69) is 5.92 Å². The van der Waals surface area contributed by atoms with Crippen molar-refractivity contribution in [2.24, 2.45) is 0 Å². The van der Waals surface area contributed by atoms with E-state index >= 15 is 0 Å². The molecule has 0 amide bonds. The third kappa shape index (κ3) is 1.99. The summed E-state index contributed by atoms with van der Waals surface area (Å²) >= 11 is 0. The van der Waals surface area contributed by atoms with Crippen molar-refractivity contribution < 1.29 is 30.3 Å². The zero-order valence-corrected chi connectivity index (χ0v) is 7.95. The van der Waals surface area contributed by atoms with Gasteiger partial charge in [-0.2, -0.15) is 0 Å². The molecule has 86 valence electrons. The third-order valence-corrected chi connectivity index (χ3v) is 2.51. The summed E-state index contributed by atoms with van der Waals surface area (Å²) in [6.45, 7) is -0.582. The second-order valence-corrected chi connectivity index (χ2v) is 3.52. The molecule has 6 heteroatoms. The van der Waals surface area contributed by atoms with Gasteiger partial charge in [-0.3, -0.25) is 0 Å². The molecule has 1 saturated heterocycles. The largest absolute Gasteiger partial charge is 0.394 e. The fourth-order valence-corrected chi connectivity index (χ4v) is 1.52. The molecule has 0 radical (unpaired) electrons. The van der Waals surface area contributed by atoms with Gasteiger partial charge in [-0.1, -0.05) is 0 Å². The predicted octanol–water partition coefficient (Wildman–Crippen LogP) is -2.83. The summed E-state index contributed by atoms with van der Waals surface area (Å²) in [5, 5.41) is 46.9. The van der Waals surface area contributed by atoms with E-state index < -0.39 is 36.8 Å². The van der Waals surface area contributed by atoms with Crippen molar-refractivity contribution >= 4 is 0 Å². The molecule has 6 nitrogen and oxygen atoms in total. The van der Waals surface area contributed by atoms with Crippen LogP contribution in [-0.2, 0) is 4.74 Å². The Hall–Kier alpha value is -0.680. The van der Waals surface area contributed by atoms with Crippen molar-refractivity contribution in [3.05, 3.63) is 0 Å². The molecular weight excluding hydrogens is 204 g/mol. The highest BCUT2D eigenvalue weighted by Gasteiger charge is 2.53. The van der Waals surface area contributed by atoms with Crippen LogP contribution in [-0.4, -0.2) is 62.3 Å².